The molecule has 6 nitrogen and oxygen atoms in total. The molecule has 0 unspecified atom stereocenters. The number of barbiturate groups is 1. The van der Waals surface area contributed by atoms with Crippen LogP contribution in [-0.4, -0.2) is 22.4 Å². The van der Waals surface area contributed by atoms with Crippen LogP contribution in [0.2, 0.25) is 5.02 Å². The minimum atomic E-state index is -0.760. The summed E-state index contributed by atoms with van der Waals surface area (Å²) >= 11 is 6.39. The summed E-state index contributed by atoms with van der Waals surface area (Å²) in [5, 5.41) is 3.86. The number of fused-ring (bicyclic) bond motifs is 1. The van der Waals surface area contributed by atoms with Gasteiger partial charge in [-0.2, -0.15) is 0 Å². The molecule has 3 aromatic carbocycles. The van der Waals surface area contributed by atoms with E-state index in [1.165, 1.54) is 0 Å². The Morgan fingerprint density at radius 3 is 2.38 bits per heavy atom. The molecule has 1 fully saturated rings. The van der Waals surface area contributed by atoms with E-state index in [1.54, 1.807) is 18.2 Å². The topological polar surface area (TPSA) is 71.4 Å². The number of carbonyl (C=O) groups is 3. The number of amides is 4. The highest BCUT2D eigenvalue weighted by Gasteiger charge is 2.37. The Morgan fingerprint density at radius 1 is 0.946 bits per heavy atom. The van der Waals surface area contributed by atoms with Crippen LogP contribution in [0.3, 0.4) is 0 Å². The number of anilines is 1. The maximum atomic E-state index is 13.5. The maximum Gasteiger partial charge on any atom is 0.335 e. The highest BCUT2D eigenvalue weighted by molar-refractivity contribution is 6.39. The summed E-state index contributed by atoms with van der Waals surface area (Å²) in [5.74, 6) is -1.02. The molecular weight excluding hydrogens is 486 g/mol. The fraction of sp³-hybridized carbons (Fsp3) is 0.167. The van der Waals surface area contributed by atoms with E-state index in [1.807, 2.05) is 71.4 Å². The first-order valence-corrected chi connectivity index (χ1v) is 12.6. The summed E-state index contributed by atoms with van der Waals surface area (Å²) in [4.78, 5) is 39.9. The number of hydrogen-bond donors (Lipinski definition) is 1. The monoisotopic (exact) mass is 511 g/mol. The molecule has 1 saturated heterocycles. The Balaban J connectivity index is 1.53. The van der Waals surface area contributed by atoms with Gasteiger partial charge in [0.15, 0.2) is 0 Å². The summed E-state index contributed by atoms with van der Waals surface area (Å²) in [5.41, 5.74) is 4.01. The second-order valence-electron chi connectivity index (χ2n) is 9.18. The molecule has 0 saturated carbocycles. The Morgan fingerprint density at radius 2 is 1.65 bits per heavy atom. The van der Waals surface area contributed by atoms with Crippen LogP contribution in [0.1, 0.15) is 42.9 Å². The van der Waals surface area contributed by atoms with Gasteiger partial charge < -0.3 is 4.57 Å². The summed E-state index contributed by atoms with van der Waals surface area (Å²) in [7, 11) is 0. The van der Waals surface area contributed by atoms with Crippen molar-refractivity contribution in [2.45, 2.75) is 32.7 Å². The number of nitrogens with zero attached hydrogens (tertiary/aromatic N) is 2. The van der Waals surface area contributed by atoms with Gasteiger partial charge in [0.2, 0.25) is 0 Å². The molecule has 7 heteroatoms. The van der Waals surface area contributed by atoms with Crippen LogP contribution in [0.25, 0.3) is 17.0 Å². The molecule has 0 aliphatic carbocycles. The van der Waals surface area contributed by atoms with Crippen molar-refractivity contribution in [2.75, 3.05) is 4.90 Å². The fourth-order valence-electron chi connectivity index (χ4n) is 4.57. The zero-order chi connectivity index (χ0) is 26.1. The van der Waals surface area contributed by atoms with Crippen LogP contribution in [0.4, 0.5) is 10.5 Å². The molecule has 5 rings (SSSR count). The van der Waals surface area contributed by atoms with Crippen molar-refractivity contribution < 1.29 is 14.4 Å². The molecule has 4 amide bonds. The van der Waals surface area contributed by atoms with E-state index in [0.29, 0.717) is 28.7 Å². The van der Waals surface area contributed by atoms with Crippen LogP contribution in [0, 0.1) is 0 Å². The van der Waals surface area contributed by atoms with Gasteiger partial charge >= 0.3 is 6.03 Å². The number of hydrogen-bond acceptors (Lipinski definition) is 3. The first-order chi connectivity index (χ1) is 17.9. The Bertz CT molecular complexity index is 1550. The summed E-state index contributed by atoms with van der Waals surface area (Å²) in [6.07, 6.45) is 4.42. The predicted octanol–water partition coefficient (Wildman–Crippen LogP) is 6.52. The number of aromatic nitrogens is 1. The second kappa shape index (κ2) is 10.1. The van der Waals surface area contributed by atoms with E-state index in [0.717, 1.165) is 33.4 Å². The van der Waals surface area contributed by atoms with E-state index in [9.17, 15) is 14.4 Å². The van der Waals surface area contributed by atoms with Gasteiger partial charge in [-0.05, 0) is 53.8 Å². The molecule has 2 heterocycles. The van der Waals surface area contributed by atoms with Gasteiger partial charge in [-0.15, -0.1) is 0 Å². The highest BCUT2D eigenvalue weighted by Crippen LogP contribution is 2.29. The summed E-state index contributed by atoms with van der Waals surface area (Å²) in [6.45, 7) is 4.75. The zero-order valence-corrected chi connectivity index (χ0v) is 21.3. The molecule has 0 bridgehead atoms. The minimum Gasteiger partial charge on any atom is -0.342 e. The number of rotatable bonds is 6. The lowest BCUT2D eigenvalue weighted by atomic mass is 9.98. The third kappa shape index (κ3) is 4.68. The number of para-hydroxylation sites is 1. The van der Waals surface area contributed by atoms with Gasteiger partial charge in [0.25, 0.3) is 11.8 Å². The molecular formula is C30H26ClN3O3. The lowest BCUT2D eigenvalue weighted by molar-refractivity contribution is -0.122. The van der Waals surface area contributed by atoms with E-state index in [2.05, 4.69) is 19.2 Å². The average molecular weight is 512 g/mol. The summed E-state index contributed by atoms with van der Waals surface area (Å²) in [6, 6.07) is 21.9. The third-order valence-electron chi connectivity index (χ3n) is 6.85. The van der Waals surface area contributed by atoms with Gasteiger partial charge in [-0.1, -0.05) is 74.0 Å². The second-order valence-corrected chi connectivity index (χ2v) is 9.59. The summed E-state index contributed by atoms with van der Waals surface area (Å²) < 4.78 is 2.03. The number of urea groups is 1. The molecule has 1 aliphatic heterocycles. The van der Waals surface area contributed by atoms with Crippen molar-refractivity contribution in [3.63, 3.8) is 0 Å². The van der Waals surface area contributed by atoms with Crippen molar-refractivity contribution in [3.05, 3.63) is 106 Å². The van der Waals surface area contributed by atoms with Crippen LogP contribution in [0.5, 0.6) is 0 Å². The predicted molar refractivity (Wildman–Crippen MR) is 147 cm³/mol. The van der Waals surface area contributed by atoms with Gasteiger partial charge in [0.1, 0.15) is 5.57 Å². The molecule has 1 atom stereocenters. The van der Waals surface area contributed by atoms with E-state index < -0.39 is 17.8 Å². The SMILES string of the molecule is CC[C@@H](C)c1ccc(N2C(=O)NC(=O)/C(=C/c3cn(Cc4ccccc4Cl)c4ccccc34)C2=O)cc1. The maximum absolute atomic E-state index is 13.5. The van der Waals surface area contributed by atoms with Gasteiger partial charge in [-0.25, -0.2) is 9.69 Å². The van der Waals surface area contributed by atoms with E-state index in [-0.39, 0.29) is 5.57 Å². The third-order valence-corrected chi connectivity index (χ3v) is 7.22. The Hall–Kier alpha value is -4.16. The highest BCUT2D eigenvalue weighted by atomic mass is 35.5. The van der Waals surface area contributed by atoms with Crippen molar-refractivity contribution in [1.29, 1.82) is 0 Å². The average Bonchev–Trinajstić information content (AvgIpc) is 3.25. The van der Waals surface area contributed by atoms with E-state index >= 15 is 0 Å². The van der Waals surface area contributed by atoms with Crippen molar-refractivity contribution in [2.24, 2.45) is 0 Å². The first kappa shape index (κ1) is 24.5. The standard InChI is InChI=1S/C30H26ClN3O3/c1-3-19(2)20-12-14-23(15-13-20)34-29(36)25(28(35)32-30(34)37)16-22-18-33(27-11-7-5-9-24(22)27)17-21-8-4-6-10-26(21)31/h4-16,18-19H,3,17H2,1-2H3,(H,32,35,37)/b25-16-/t19-/m1/s1. The van der Waals surface area contributed by atoms with Crippen molar-refractivity contribution in [3.8, 4) is 0 Å². The molecule has 1 N–H and O–H groups in total. The lowest BCUT2D eigenvalue weighted by Gasteiger charge is -2.26. The lowest BCUT2D eigenvalue weighted by Crippen LogP contribution is -2.54. The minimum absolute atomic E-state index is 0.105. The van der Waals surface area contributed by atoms with Crippen LogP contribution < -0.4 is 10.2 Å². The number of halogens is 1. The van der Waals surface area contributed by atoms with Crippen molar-refractivity contribution in [1.82, 2.24) is 9.88 Å². The van der Waals surface area contributed by atoms with Gasteiger partial charge in [0.05, 0.1) is 5.69 Å². The molecule has 37 heavy (non-hydrogen) atoms. The van der Waals surface area contributed by atoms with Crippen LogP contribution in [-0.2, 0) is 16.1 Å². The molecule has 0 spiro atoms. The number of carbonyl (C=O) groups excluding carboxylic acids is 3. The number of nitrogens with one attached hydrogen (secondary N) is 1. The normalized spacial score (nSPS) is 15.9. The fourth-order valence-corrected chi connectivity index (χ4v) is 4.76. The van der Waals surface area contributed by atoms with Crippen LogP contribution >= 0.6 is 11.6 Å². The van der Waals surface area contributed by atoms with Gasteiger partial charge in [-0.3, -0.25) is 14.9 Å². The smallest absolute Gasteiger partial charge is 0.335 e. The quantitative estimate of drug-likeness (QED) is 0.236. The zero-order valence-electron chi connectivity index (χ0n) is 20.6. The molecule has 1 aliphatic rings. The number of imide groups is 2. The van der Waals surface area contributed by atoms with Gasteiger partial charge in [0, 0.05) is 34.2 Å². The Kier molecular flexibility index (Phi) is 6.68. The largest absolute Gasteiger partial charge is 0.342 e. The number of benzene rings is 3. The Labute approximate surface area is 220 Å². The van der Waals surface area contributed by atoms with Crippen molar-refractivity contribution >= 4 is 52.1 Å². The van der Waals surface area contributed by atoms with Crippen LogP contribution in [0.15, 0.2) is 84.6 Å². The molecule has 0 radical (unpaired) electrons. The van der Waals surface area contributed by atoms with E-state index in [4.69, 9.17) is 11.6 Å². The molecule has 4 aromatic rings. The first-order valence-electron chi connectivity index (χ1n) is 12.2. The molecule has 186 valence electrons. The molecule has 1 aromatic heterocycles.